The molecule has 0 spiro atoms. The highest BCUT2D eigenvalue weighted by atomic mass is 35.5. The number of nitrogens with one attached hydrogen (secondary N) is 1. The van der Waals surface area contributed by atoms with E-state index in [1.807, 2.05) is 56.3 Å². The quantitative estimate of drug-likeness (QED) is 0.288. The first-order chi connectivity index (χ1) is 17.5. The molecule has 1 heterocycles. The zero-order valence-electron chi connectivity index (χ0n) is 19.7. The first kappa shape index (κ1) is 25.9. The molecular weight excluding hydrogens is 519 g/mol. The molecule has 0 aliphatic carbocycles. The molecule has 0 aromatic heterocycles. The molecule has 1 amide bonds. The van der Waals surface area contributed by atoms with Gasteiger partial charge in [0.05, 0.1) is 28.8 Å². The van der Waals surface area contributed by atoms with Crippen LogP contribution in [0.1, 0.15) is 25.0 Å². The molecule has 0 unspecified atom stereocenters. The molecule has 0 saturated carbocycles. The molecule has 1 fully saturated rings. The summed E-state index contributed by atoms with van der Waals surface area (Å²) in [6.45, 7) is 5.06. The number of halogens is 2. The number of ether oxygens (including phenoxy) is 3. The van der Waals surface area contributed by atoms with Gasteiger partial charge in [0, 0.05) is 10.6 Å². The summed E-state index contributed by atoms with van der Waals surface area (Å²) in [5.41, 5.74) is 2.25. The number of carbonyl (C=O) groups is 1. The van der Waals surface area contributed by atoms with Crippen molar-refractivity contribution in [2.24, 2.45) is 4.99 Å². The molecule has 0 atom stereocenters. The smallest absolute Gasteiger partial charge is 0.264 e. The standard InChI is InChI=1S/C27H24Cl2N2O4S/c1-3-33-20-11-9-19(10-12-20)30-27-31-26(32)24(36-27)15-17-13-22(29)25(23(14-17)34-4-2)35-16-18-7-5-6-8-21(18)28/h5-15H,3-4,16H2,1-2H3,(H,30,31,32)/b24-15+. The number of hydrogen-bond acceptors (Lipinski definition) is 6. The van der Waals surface area contributed by atoms with Crippen molar-refractivity contribution < 1.29 is 19.0 Å². The highest BCUT2D eigenvalue weighted by Gasteiger charge is 2.24. The van der Waals surface area contributed by atoms with E-state index in [1.54, 1.807) is 24.3 Å². The topological polar surface area (TPSA) is 69.2 Å². The summed E-state index contributed by atoms with van der Waals surface area (Å²) >= 11 is 14.1. The molecule has 1 aliphatic heterocycles. The largest absolute Gasteiger partial charge is 0.494 e. The predicted octanol–water partition coefficient (Wildman–Crippen LogP) is 7.26. The van der Waals surface area contributed by atoms with Crippen LogP contribution in [0.3, 0.4) is 0 Å². The molecule has 1 saturated heterocycles. The van der Waals surface area contributed by atoms with Gasteiger partial charge in [0.25, 0.3) is 5.91 Å². The Bertz CT molecular complexity index is 1310. The number of aliphatic imine (C=N–C) groups is 1. The average molecular weight is 543 g/mol. The van der Waals surface area contributed by atoms with Gasteiger partial charge in [-0.25, -0.2) is 4.99 Å². The van der Waals surface area contributed by atoms with E-state index in [9.17, 15) is 4.79 Å². The van der Waals surface area contributed by atoms with E-state index in [1.165, 1.54) is 11.8 Å². The number of amidine groups is 1. The molecule has 6 nitrogen and oxygen atoms in total. The molecule has 1 aliphatic rings. The molecule has 9 heteroatoms. The molecule has 36 heavy (non-hydrogen) atoms. The van der Waals surface area contributed by atoms with Crippen molar-refractivity contribution in [3.8, 4) is 17.2 Å². The fraction of sp³-hybridized carbons (Fsp3) is 0.185. The number of benzene rings is 3. The van der Waals surface area contributed by atoms with Gasteiger partial charge in [-0.1, -0.05) is 41.4 Å². The maximum atomic E-state index is 12.6. The van der Waals surface area contributed by atoms with E-state index >= 15 is 0 Å². The first-order valence-corrected chi connectivity index (χ1v) is 12.9. The van der Waals surface area contributed by atoms with E-state index in [4.69, 9.17) is 37.4 Å². The fourth-order valence-corrected chi connectivity index (χ4v) is 4.68. The monoisotopic (exact) mass is 542 g/mol. The summed E-state index contributed by atoms with van der Waals surface area (Å²) in [6.07, 6.45) is 1.74. The van der Waals surface area contributed by atoms with Crippen LogP contribution in [0.4, 0.5) is 5.69 Å². The molecule has 1 N–H and O–H groups in total. The van der Waals surface area contributed by atoms with Crippen LogP contribution in [0.2, 0.25) is 10.0 Å². The average Bonchev–Trinajstić information content (AvgIpc) is 3.19. The highest BCUT2D eigenvalue weighted by Crippen LogP contribution is 2.39. The SMILES string of the molecule is CCOc1ccc(N=C2NC(=O)/C(=C\c3cc(Cl)c(OCc4ccccc4Cl)c(OCC)c3)S2)cc1. The second-order valence-corrected chi connectivity index (χ2v) is 9.40. The van der Waals surface area contributed by atoms with Gasteiger partial charge < -0.3 is 19.5 Å². The van der Waals surface area contributed by atoms with Gasteiger partial charge in [-0.2, -0.15) is 0 Å². The Hall–Kier alpha value is -3.13. The molecule has 0 radical (unpaired) electrons. The second-order valence-electron chi connectivity index (χ2n) is 7.55. The minimum absolute atomic E-state index is 0.238. The van der Waals surface area contributed by atoms with E-state index in [0.717, 1.165) is 11.3 Å². The third-order valence-electron chi connectivity index (χ3n) is 4.99. The van der Waals surface area contributed by atoms with Crippen molar-refractivity contribution in [3.05, 3.63) is 86.7 Å². The van der Waals surface area contributed by atoms with Gasteiger partial charge in [0.2, 0.25) is 0 Å². The van der Waals surface area contributed by atoms with Crippen LogP contribution in [0.25, 0.3) is 6.08 Å². The Labute approximate surface area is 224 Å². The fourth-order valence-electron chi connectivity index (χ4n) is 3.37. The van der Waals surface area contributed by atoms with E-state index in [0.29, 0.717) is 56.1 Å². The van der Waals surface area contributed by atoms with Gasteiger partial charge >= 0.3 is 0 Å². The first-order valence-electron chi connectivity index (χ1n) is 11.3. The third-order valence-corrected chi connectivity index (χ3v) is 6.55. The van der Waals surface area contributed by atoms with Crippen molar-refractivity contribution in [2.45, 2.75) is 20.5 Å². The number of rotatable bonds is 9. The third kappa shape index (κ3) is 6.55. The number of hydrogen-bond donors (Lipinski definition) is 1. The molecule has 186 valence electrons. The predicted molar refractivity (Wildman–Crippen MR) is 147 cm³/mol. The van der Waals surface area contributed by atoms with Crippen molar-refractivity contribution in [2.75, 3.05) is 13.2 Å². The number of carbonyl (C=O) groups excluding carboxylic acids is 1. The van der Waals surface area contributed by atoms with Crippen LogP contribution in [-0.4, -0.2) is 24.3 Å². The molecule has 3 aromatic carbocycles. The van der Waals surface area contributed by atoms with Gasteiger partial charge in [-0.3, -0.25) is 4.79 Å². The maximum absolute atomic E-state index is 12.6. The number of nitrogens with zero attached hydrogens (tertiary/aromatic N) is 1. The normalized spacial score (nSPS) is 15.3. The summed E-state index contributed by atoms with van der Waals surface area (Å²) in [7, 11) is 0. The zero-order valence-corrected chi connectivity index (χ0v) is 22.0. The molecule has 0 bridgehead atoms. The lowest BCUT2D eigenvalue weighted by Crippen LogP contribution is -2.19. The van der Waals surface area contributed by atoms with E-state index < -0.39 is 0 Å². The summed E-state index contributed by atoms with van der Waals surface area (Å²) in [5, 5.41) is 4.27. The molecular formula is C27H24Cl2N2O4S. The van der Waals surface area contributed by atoms with Crippen LogP contribution in [0.5, 0.6) is 17.2 Å². The van der Waals surface area contributed by atoms with Crippen LogP contribution >= 0.6 is 35.0 Å². The van der Waals surface area contributed by atoms with Crippen LogP contribution in [-0.2, 0) is 11.4 Å². The lowest BCUT2D eigenvalue weighted by molar-refractivity contribution is -0.115. The number of amides is 1. The Morgan fingerprint density at radius 3 is 2.42 bits per heavy atom. The Morgan fingerprint density at radius 2 is 1.69 bits per heavy atom. The number of thioether (sulfide) groups is 1. The van der Waals surface area contributed by atoms with E-state index in [-0.39, 0.29) is 12.5 Å². The minimum Gasteiger partial charge on any atom is -0.494 e. The Morgan fingerprint density at radius 1 is 0.944 bits per heavy atom. The van der Waals surface area contributed by atoms with Gasteiger partial charge in [-0.15, -0.1) is 0 Å². The van der Waals surface area contributed by atoms with Gasteiger partial charge in [0.1, 0.15) is 12.4 Å². The summed E-state index contributed by atoms with van der Waals surface area (Å²) in [5.74, 6) is 1.43. The highest BCUT2D eigenvalue weighted by molar-refractivity contribution is 8.18. The van der Waals surface area contributed by atoms with Crippen LogP contribution < -0.4 is 19.5 Å². The molecule has 4 rings (SSSR count). The minimum atomic E-state index is -0.238. The Balaban J connectivity index is 1.53. The second kappa shape index (κ2) is 12.2. The van der Waals surface area contributed by atoms with E-state index in [2.05, 4.69) is 10.3 Å². The summed E-state index contributed by atoms with van der Waals surface area (Å²) in [4.78, 5) is 17.6. The molecule has 3 aromatic rings. The zero-order chi connectivity index (χ0) is 25.5. The maximum Gasteiger partial charge on any atom is 0.264 e. The van der Waals surface area contributed by atoms with Crippen molar-refractivity contribution in [1.82, 2.24) is 5.32 Å². The lowest BCUT2D eigenvalue weighted by Gasteiger charge is -2.15. The van der Waals surface area contributed by atoms with Crippen molar-refractivity contribution in [3.63, 3.8) is 0 Å². The van der Waals surface area contributed by atoms with Crippen molar-refractivity contribution >= 4 is 57.8 Å². The Kier molecular flexibility index (Phi) is 8.80. The van der Waals surface area contributed by atoms with Gasteiger partial charge in [0.15, 0.2) is 16.7 Å². The van der Waals surface area contributed by atoms with Crippen LogP contribution in [0.15, 0.2) is 70.6 Å². The summed E-state index contributed by atoms with van der Waals surface area (Å²) < 4.78 is 17.2. The van der Waals surface area contributed by atoms with Crippen LogP contribution in [0, 0.1) is 0 Å². The lowest BCUT2D eigenvalue weighted by atomic mass is 10.1. The van der Waals surface area contributed by atoms with Crippen molar-refractivity contribution in [1.29, 1.82) is 0 Å². The summed E-state index contributed by atoms with van der Waals surface area (Å²) in [6, 6.07) is 18.3. The van der Waals surface area contributed by atoms with Gasteiger partial charge in [-0.05, 0) is 79.7 Å².